The lowest BCUT2D eigenvalue weighted by molar-refractivity contribution is 1.54. The molecular weight excluding hydrogens is 204 g/mol. The Labute approximate surface area is 101 Å². The summed E-state index contributed by atoms with van der Waals surface area (Å²) in [5.41, 5.74) is 2.53. The molecule has 17 heavy (non-hydrogen) atoms. The molecule has 0 N–H and O–H groups in total. The van der Waals surface area contributed by atoms with Crippen LogP contribution >= 0.6 is 0 Å². The van der Waals surface area contributed by atoms with Gasteiger partial charge in [-0.15, -0.1) is 0 Å². The van der Waals surface area contributed by atoms with Crippen molar-refractivity contribution in [3.63, 3.8) is 0 Å². The molecule has 0 saturated carbocycles. The Bertz CT molecular complexity index is 721. The number of hydrogen-bond donors (Lipinski definition) is 0. The summed E-state index contributed by atoms with van der Waals surface area (Å²) < 4.78 is 0. The van der Waals surface area contributed by atoms with Crippen LogP contribution in [0.1, 0.15) is 11.1 Å². The molecule has 3 aromatic carbocycles. The molecule has 0 heterocycles. The van der Waals surface area contributed by atoms with E-state index < -0.39 is 0 Å². The first-order chi connectivity index (χ1) is 8.31. The number of hydrogen-bond acceptors (Lipinski definition) is 0. The first kappa shape index (κ1) is 10.1. The summed E-state index contributed by atoms with van der Waals surface area (Å²) >= 11 is 0. The Morgan fingerprint density at radius 2 is 1.71 bits per heavy atom. The summed E-state index contributed by atoms with van der Waals surface area (Å²) in [6.07, 6.45) is 1.93. The second-order valence-electron chi connectivity index (χ2n) is 4.39. The maximum atomic E-state index is 3.91. The van der Waals surface area contributed by atoms with Gasteiger partial charge >= 0.3 is 0 Å². The van der Waals surface area contributed by atoms with E-state index in [1.54, 1.807) is 0 Å². The van der Waals surface area contributed by atoms with Crippen molar-refractivity contribution in [1.29, 1.82) is 0 Å². The second kappa shape index (κ2) is 3.74. The molecule has 0 amide bonds. The van der Waals surface area contributed by atoms with Gasteiger partial charge in [-0.2, -0.15) is 0 Å². The summed E-state index contributed by atoms with van der Waals surface area (Å²) in [5.74, 6) is 0. The molecular formula is C17H14. The van der Waals surface area contributed by atoms with Crippen LogP contribution in [-0.4, -0.2) is 0 Å². The molecule has 0 nitrogen and oxygen atoms in total. The summed E-state index contributed by atoms with van der Waals surface area (Å²) in [6, 6.07) is 17.2. The van der Waals surface area contributed by atoms with Crippen LogP contribution in [0.2, 0.25) is 0 Å². The van der Waals surface area contributed by atoms with Gasteiger partial charge < -0.3 is 0 Å². The maximum Gasteiger partial charge on any atom is -0.00330 e. The van der Waals surface area contributed by atoms with E-state index in [1.807, 2.05) is 6.08 Å². The van der Waals surface area contributed by atoms with Gasteiger partial charge in [-0.1, -0.05) is 61.2 Å². The van der Waals surface area contributed by atoms with Crippen molar-refractivity contribution in [2.45, 2.75) is 6.92 Å². The molecule has 0 spiro atoms. The minimum Gasteiger partial charge on any atom is -0.0984 e. The van der Waals surface area contributed by atoms with Gasteiger partial charge in [0, 0.05) is 0 Å². The molecule has 82 valence electrons. The third-order valence-corrected chi connectivity index (χ3v) is 3.37. The molecule has 0 bridgehead atoms. The van der Waals surface area contributed by atoms with Gasteiger partial charge in [0.25, 0.3) is 0 Å². The van der Waals surface area contributed by atoms with Crippen LogP contribution in [0, 0.1) is 6.92 Å². The highest BCUT2D eigenvalue weighted by molar-refractivity contribution is 6.11. The van der Waals surface area contributed by atoms with Crippen molar-refractivity contribution in [2.24, 2.45) is 0 Å². The van der Waals surface area contributed by atoms with Crippen LogP contribution in [0.5, 0.6) is 0 Å². The zero-order valence-electron chi connectivity index (χ0n) is 9.90. The molecule has 0 aliphatic heterocycles. The highest BCUT2D eigenvalue weighted by Gasteiger charge is 2.04. The minimum absolute atomic E-state index is 1.21. The van der Waals surface area contributed by atoms with E-state index >= 15 is 0 Å². The lowest BCUT2D eigenvalue weighted by atomic mass is 9.96. The molecule has 0 unspecified atom stereocenters. The van der Waals surface area contributed by atoms with Crippen LogP contribution in [0.3, 0.4) is 0 Å². The van der Waals surface area contributed by atoms with E-state index in [2.05, 4.69) is 62.0 Å². The average Bonchev–Trinajstić information content (AvgIpc) is 2.38. The van der Waals surface area contributed by atoms with Crippen molar-refractivity contribution in [1.82, 2.24) is 0 Å². The molecule has 0 fully saturated rings. The molecule has 0 aromatic heterocycles. The minimum atomic E-state index is 1.21. The van der Waals surface area contributed by atoms with Crippen molar-refractivity contribution in [3.8, 4) is 0 Å². The molecule has 0 radical (unpaired) electrons. The van der Waals surface area contributed by atoms with Crippen LogP contribution in [0.25, 0.3) is 27.6 Å². The Morgan fingerprint density at radius 1 is 0.882 bits per heavy atom. The van der Waals surface area contributed by atoms with Crippen molar-refractivity contribution < 1.29 is 0 Å². The quantitative estimate of drug-likeness (QED) is 0.507. The van der Waals surface area contributed by atoms with E-state index in [1.165, 1.54) is 32.7 Å². The normalized spacial score (nSPS) is 10.9. The van der Waals surface area contributed by atoms with E-state index in [-0.39, 0.29) is 0 Å². The van der Waals surface area contributed by atoms with Gasteiger partial charge in [0.1, 0.15) is 0 Å². The molecule has 0 heteroatoms. The predicted octanol–water partition coefficient (Wildman–Crippen LogP) is 4.94. The van der Waals surface area contributed by atoms with Gasteiger partial charge in [0.2, 0.25) is 0 Å². The largest absolute Gasteiger partial charge is 0.0984 e. The van der Waals surface area contributed by atoms with Gasteiger partial charge in [-0.25, -0.2) is 0 Å². The van der Waals surface area contributed by atoms with E-state index in [4.69, 9.17) is 0 Å². The topological polar surface area (TPSA) is 0 Å². The fourth-order valence-electron chi connectivity index (χ4n) is 2.50. The highest BCUT2D eigenvalue weighted by atomic mass is 14.1. The first-order valence-corrected chi connectivity index (χ1v) is 5.85. The van der Waals surface area contributed by atoms with Crippen LogP contribution < -0.4 is 0 Å². The summed E-state index contributed by atoms with van der Waals surface area (Å²) in [4.78, 5) is 0. The molecule has 3 aromatic rings. The maximum absolute atomic E-state index is 3.91. The van der Waals surface area contributed by atoms with Crippen molar-refractivity contribution in [3.05, 3.63) is 66.2 Å². The average molecular weight is 218 g/mol. The van der Waals surface area contributed by atoms with E-state index in [9.17, 15) is 0 Å². The zero-order valence-corrected chi connectivity index (χ0v) is 9.90. The summed E-state index contributed by atoms with van der Waals surface area (Å²) in [5, 5.41) is 5.23. The standard InChI is InChI=1S/C17H14/c1-3-13-7-5-8-14-10-11-15-12(2)6-4-9-16(15)17(13)14/h3-11H,1H2,2H3. The fourth-order valence-corrected chi connectivity index (χ4v) is 2.50. The third-order valence-electron chi connectivity index (χ3n) is 3.37. The van der Waals surface area contributed by atoms with Gasteiger partial charge in [0.05, 0.1) is 0 Å². The second-order valence-corrected chi connectivity index (χ2v) is 4.39. The van der Waals surface area contributed by atoms with Gasteiger partial charge in [-0.05, 0) is 39.6 Å². The third kappa shape index (κ3) is 1.45. The predicted molar refractivity (Wildman–Crippen MR) is 76.3 cm³/mol. The van der Waals surface area contributed by atoms with Gasteiger partial charge in [0.15, 0.2) is 0 Å². The smallest absolute Gasteiger partial charge is 0.00330 e. The number of rotatable bonds is 1. The SMILES string of the molecule is C=Cc1cccc2ccc3c(C)cccc3c12. The Kier molecular flexibility index (Phi) is 2.22. The number of benzene rings is 3. The number of aryl methyl sites for hydroxylation is 1. The molecule has 0 atom stereocenters. The molecule has 0 saturated heterocycles. The fraction of sp³-hybridized carbons (Fsp3) is 0.0588. The highest BCUT2D eigenvalue weighted by Crippen LogP contribution is 2.30. The Hall–Kier alpha value is -2.08. The lowest BCUT2D eigenvalue weighted by Crippen LogP contribution is -1.83. The van der Waals surface area contributed by atoms with Crippen molar-refractivity contribution >= 4 is 27.6 Å². The van der Waals surface area contributed by atoms with Crippen LogP contribution in [0.15, 0.2) is 55.1 Å². The monoisotopic (exact) mass is 218 g/mol. The summed E-state index contributed by atoms with van der Waals surface area (Å²) in [6.45, 7) is 6.07. The lowest BCUT2D eigenvalue weighted by Gasteiger charge is -2.08. The molecule has 3 rings (SSSR count). The van der Waals surface area contributed by atoms with Crippen LogP contribution in [0.4, 0.5) is 0 Å². The number of fused-ring (bicyclic) bond motifs is 3. The zero-order chi connectivity index (χ0) is 11.8. The van der Waals surface area contributed by atoms with E-state index in [0.717, 1.165) is 0 Å². The molecule has 0 aliphatic rings. The summed E-state index contributed by atoms with van der Waals surface area (Å²) in [7, 11) is 0. The van der Waals surface area contributed by atoms with Crippen molar-refractivity contribution in [2.75, 3.05) is 0 Å². The Morgan fingerprint density at radius 3 is 2.53 bits per heavy atom. The first-order valence-electron chi connectivity index (χ1n) is 5.85. The Balaban J connectivity index is 2.63. The van der Waals surface area contributed by atoms with Crippen LogP contribution in [-0.2, 0) is 0 Å². The van der Waals surface area contributed by atoms with E-state index in [0.29, 0.717) is 0 Å². The van der Waals surface area contributed by atoms with Gasteiger partial charge in [-0.3, -0.25) is 0 Å². The molecule has 0 aliphatic carbocycles.